The lowest BCUT2D eigenvalue weighted by Crippen LogP contribution is -2.40. The van der Waals surface area contributed by atoms with Gasteiger partial charge in [0.25, 0.3) is 0 Å². The predicted octanol–water partition coefficient (Wildman–Crippen LogP) is 1.15. The van der Waals surface area contributed by atoms with E-state index in [-0.39, 0.29) is 5.97 Å². The first-order chi connectivity index (χ1) is 10.4. The maximum Gasteiger partial charge on any atom is 0.338 e. The molecule has 6 nitrogen and oxygen atoms in total. The van der Waals surface area contributed by atoms with Gasteiger partial charge in [-0.25, -0.2) is 9.78 Å². The monoisotopic (exact) mass is 307 g/mol. The minimum absolute atomic E-state index is 0.345. The quantitative estimate of drug-likeness (QED) is 0.842. The molecule has 1 saturated heterocycles. The molecule has 0 saturated carbocycles. The van der Waals surface area contributed by atoms with Crippen molar-refractivity contribution < 1.29 is 14.6 Å². The molecule has 0 unspecified atom stereocenters. The van der Waals surface area contributed by atoms with Gasteiger partial charge in [-0.15, -0.1) is 0 Å². The number of hydrogen-bond acceptors (Lipinski definition) is 6. The molecule has 0 aromatic carbocycles. The van der Waals surface area contributed by atoms with E-state index >= 15 is 0 Å². The van der Waals surface area contributed by atoms with Gasteiger partial charge in [-0.3, -0.25) is 4.90 Å². The lowest BCUT2D eigenvalue weighted by atomic mass is 10.1. The van der Waals surface area contributed by atoms with Crippen LogP contribution in [0.4, 0.5) is 5.82 Å². The van der Waals surface area contributed by atoms with Crippen LogP contribution in [-0.2, 0) is 4.74 Å². The Morgan fingerprint density at radius 3 is 2.82 bits per heavy atom. The summed E-state index contributed by atoms with van der Waals surface area (Å²) in [6.45, 7) is 7.86. The molecule has 1 aromatic heterocycles. The standard InChI is InChI=1S/C16H25N3O3/c1-16(2,21)12-18-7-4-8-19(10-9-18)14-11-13(5-6-17-14)15(20)22-3/h5-6,11,21H,4,7-10,12H2,1-3H3. The van der Waals surface area contributed by atoms with E-state index in [0.29, 0.717) is 12.1 Å². The maximum absolute atomic E-state index is 11.6. The van der Waals surface area contributed by atoms with Crippen LogP contribution >= 0.6 is 0 Å². The smallest absolute Gasteiger partial charge is 0.338 e. The van der Waals surface area contributed by atoms with E-state index in [1.54, 1.807) is 18.3 Å². The minimum atomic E-state index is -0.682. The van der Waals surface area contributed by atoms with Gasteiger partial charge in [-0.2, -0.15) is 0 Å². The van der Waals surface area contributed by atoms with Crippen molar-refractivity contribution in [3.05, 3.63) is 23.9 Å². The van der Waals surface area contributed by atoms with Crippen LogP contribution in [0.3, 0.4) is 0 Å². The fraction of sp³-hybridized carbons (Fsp3) is 0.625. The normalized spacial score (nSPS) is 17.2. The van der Waals surface area contributed by atoms with Crippen molar-refractivity contribution in [1.82, 2.24) is 9.88 Å². The number of pyridine rings is 1. The molecule has 6 heteroatoms. The van der Waals surface area contributed by atoms with Crippen LogP contribution in [0.15, 0.2) is 18.3 Å². The Bertz CT molecular complexity index is 514. The molecular weight excluding hydrogens is 282 g/mol. The number of esters is 1. The number of β-amino-alcohol motifs (C(OH)–C–C–N with tert-alkyl or cyclic N) is 1. The Kier molecular flexibility index (Phi) is 5.37. The highest BCUT2D eigenvalue weighted by Gasteiger charge is 2.22. The SMILES string of the molecule is COC(=O)c1ccnc(N2CCCN(CC(C)(C)O)CC2)c1. The average Bonchev–Trinajstić information content (AvgIpc) is 2.70. The van der Waals surface area contributed by atoms with Crippen molar-refractivity contribution in [1.29, 1.82) is 0 Å². The van der Waals surface area contributed by atoms with Gasteiger partial charge in [0.2, 0.25) is 0 Å². The van der Waals surface area contributed by atoms with Gasteiger partial charge in [-0.1, -0.05) is 0 Å². The molecule has 1 aromatic rings. The summed E-state index contributed by atoms with van der Waals surface area (Å²) in [7, 11) is 1.38. The molecule has 1 fully saturated rings. The van der Waals surface area contributed by atoms with Crippen LogP contribution in [-0.4, -0.2) is 66.4 Å². The van der Waals surface area contributed by atoms with Crippen molar-refractivity contribution in [2.45, 2.75) is 25.9 Å². The first kappa shape index (κ1) is 16.7. The Hall–Kier alpha value is -1.66. The lowest BCUT2D eigenvalue weighted by molar-refractivity contribution is 0.0385. The van der Waals surface area contributed by atoms with Crippen molar-refractivity contribution in [3.8, 4) is 0 Å². The number of carbonyl (C=O) groups is 1. The van der Waals surface area contributed by atoms with E-state index in [9.17, 15) is 9.90 Å². The number of nitrogens with zero attached hydrogens (tertiary/aromatic N) is 3. The Morgan fingerprint density at radius 2 is 2.14 bits per heavy atom. The van der Waals surface area contributed by atoms with Crippen LogP contribution in [0, 0.1) is 0 Å². The number of methoxy groups -OCH3 is 1. The van der Waals surface area contributed by atoms with Gasteiger partial charge in [0.1, 0.15) is 5.82 Å². The van der Waals surface area contributed by atoms with Crippen LogP contribution in [0.1, 0.15) is 30.6 Å². The van der Waals surface area contributed by atoms with Gasteiger partial charge in [0.05, 0.1) is 18.3 Å². The number of aliphatic hydroxyl groups is 1. The number of anilines is 1. The lowest BCUT2D eigenvalue weighted by Gasteiger charge is -2.28. The molecule has 1 aliphatic heterocycles. The van der Waals surface area contributed by atoms with Gasteiger partial charge < -0.3 is 14.7 Å². The van der Waals surface area contributed by atoms with Crippen LogP contribution in [0.5, 0.6) is 0 Å². The van der Waals surface area contributed by atoms with Crippen molar-refractivity contribution in [2.75, 3.05) is 44.7 Å². The number of aromatic nitrogens is 1. The molecule has 22 heavy (non-hydrogen) atoms. The van der Waals surface area contributed by atoms with E-state index in [1.807, 2.05) is 13.8 Å². The molecule has 0 atom stereocenters. The van der Waals surface area contributed by atoms with E-state index < -0.39 is 5.60 Å². The highest BCUT2D eigenvalue weighted by Crippen LogP contribution is 2.17. The summed E-state index contributed by atoms with van der Waals surface area (Å²) in [5, 5.41) is 9.95. The van der Waals surface area contributed by atoms with Crippen molar-refractivity contribution in [2.24, 2.45) is 0 Å². The van der Waals surface area contributed by atoms with Gasteiger partial charge in [0.15, 0.2) is 0 Å². The zero-order chi connectivity index (χ0) is 16.2. The number of ether oxygens (including phenoxy) is 1. The molecule has 1 aliphatic rings. The molecule has 2 heterocycles. The van der Waals surface area contributed by atoms with Gasteiger partial charge in [0, 0.05) is 38.9 Å². The molecule has 0 aliphatic carbocycles. The Morgan fingerprint density at radius 1 is 1.36 bits per heavy atom. The highest BCUT2D eigenvalue weighted by atomic mass is 16.5. The molecule has 122 valence electrons. The van der Waals surface area contributed by atoms with E-state index in [0.717, 1.165) is 38.4 Å². The molecular formula is C16H25N3O3. The van der Waals surface area contributed by atoms with Crippen LogP contribution in [0.25, 0.3) is 0 Å². The highest BCUT2D eigenvalue weighted by molar-refractivity contribution is 5.90. The topological polar surface area (TPSA) is 65.9 Å². The summed E-state index contributed by atoms with van der Waals surface area (Å²) >= 11 is 0. The zero-order valence-electron chi connectivity index (χ0n) is 13.6. The summed E-state index contributed by atoms with van der Waals surface area (Å²) in [6, 6.07) is 3.44. The third-order valence-corrected chi connectivity index (χ3v) is 3.69. The fourth-order valence-corrected chi connectivity index (χ4v) is 2.74. The summed E-state index contributed by atoms with van der Waals surface area (Å²) in [5.74, 6) is 0.454. The first-order valence-electron chi connectivity index (χ1n) is 7.63. The van der Waals surface area contributed by atoms with Crippen LogP contribution in [0.2, 0.25) is 0 Å². The van der Waals surface area contributed by atoms with Crippen molar-refractivity contribution >= 4 is 11.8 Å². The van der Waals surface area contributed by atoms with Crippen LogP contribution < -0.4 is 4.90 Å². The Balaban J connectivity index is 2.03. The number of hydrogen-bond donors (Lipinski definition) is 1. The maximum atomic E-state index is 11.6. The number of rotatable bonds is 4. The third-order valence-electron chi connectivity index (χ3n) is 3.69. The van der Waals surface area contributed by atoms with Gasteiger partial charge in [-0.05, 0) is 32.4 Å². The molecule has 0 spiro atoms. The predicted molar refractivity (Wildman–Crippen MR) is 85.1 cm³/mol. The number of carbonyl (C=O) groups excluding carboxylic acids is 1. The largest absolute Gasteiger partial charge is 0.465 e. The molecule has 0 bridgehead atoms. The third kappa shape index (κ3) is 4.68. The first-order valence-corrected chi connectivity index (χ1v) is 7.63. The summed E-state index contributed by atoms with van der Waals surface area (Å²) in [6.07, 6.45) is 2.64. The molecule has 2 rings (SSSR count). The zero-order valence-corrected chi connectivity index (χ0v) is 13.6. The van der Waals surface area contributed by atoms with E-state index in [4.69, 9.17) is 4.74 Å². The molecule has 0 radical (unpaired) electrons. The second kappa shape index (κ2) is 7.07. The fourth-order valence-electron chi connectivity index (χ4n) is 2.74. The summed E-state index contributed by atoms with van der Waals surface area (Å²) in [5.41, 5.74) is -0.164. The van der Waals surface area contributed by atoms with E-state index in [1.165, 1.54) is 7.11 Å². The second-order valence-corrected chi connectivity index (χ2v) is 6.32. The summed E-state index contributed by atoms with van der Waals surface area (Å²) < 4.78 is 4.75. The summed E-state index contributed by atoms with van der Waals surface area (Å²) in [4.78, 5) is 20.4. The Labute approximate surface area is 131 Å². The second-order valence-electron chi connectivity index (χ2n) is 6.32. The van der Waals surface area contributed by atoms with E-state index in [2.05, 4.69) is 14.8 Å². The molecule has 0 amide bonds. The van der Waals surface area contributed by atoms with Gasteiger partial charge >= 0.3 is 5.97 Å². The molecule has 1 N–H and O–H groups in total. The minimum Gasteiger partial charge on any atom is -0.465 e. The van der Waals surface area contributed by atoms with Crippen molar-refractivity contribution in [3.63, 3.8) is 0 Å². The average molecular weight is 307 g/mol.